The number of nitrogens with zero attached hydrogens (tertiary/aromatic N) is 3. The molecule has 1 aliphatic rings. The van der Waals surface area contributed by atoms with Crippen LogP contribution in [0.4, 0.5) is 5.69 Å². The Kier molecular flexibility index (Phi) is 5.81. The zero-order valence-corrected chi connectivity index (χ0v) is 16.7. The smallest absolute Gasteiger partial charge is 0.283 e. The number of hydrogen-bond donors (Lipinski definition) is 1. The Morgan fingerprint density at radius 1 is 1.26 bits per heavy atom. The normalized spacial score (nSPS) is 15.9. The predicted octanol–water partition coefficient (Wildman–Crippen LogP) is 2.87. The average Bonchev–Trinajstić information content (AvgIpc) is 3.06. The second kappa shape index (κ2) is 8.10. The van der Waals surface area contributed by atoms with Gasteiger partial charge in [0.1, 0.15) is 10.9 Å². The first-order valence-corrected chi connectivity index (χ1v) is 11.0. The number of pyridine rings is 1. The molecule has 0 bridgehead atoms. The maximum Gasteiger partial charge on any atom is 0.283 e. The third-order valence-electron chi connectivity index (χ3n) is 4.18. The number of likely N-dealkylation sites (tertiary alicyclic amines) is 1. The fourth-order valence-electron chi connectivity index (χ4n) is 2.74. The van der Waals surface area contributed by atoms with Gasteiger partial charge in [0.05, 0.1) is 10.5 Å². The molecule has 27 heavy (non-hydrogen) atoms. The van der Waals surface area contributed by atoms with E-state index in [0.29, 0.717) is 28.5 Å². The quantitative estimate of drug-likeness (QED) is 0.771. The summed E-state index contributed by atoms with van der Waals surface area (Å²) in [6.07, 6.45) is 5.04. The topological polar surface area (TPSA) is 91.7 Å². The van der Waals surface area contributed by atoms with Gasteiger partial charge in [-0.3, -0.25) is 4.79 Å². The average molecular weight is 405 g/mol. The molecule has 1 fully saturated rings. The summed E-state index contributed by atoms with van der Waals surface area (Å²) in [6, 6.07) is 9.40. The number of carbonyl (C=O) groups is 1. The van der Waals surface area contributed by atoms with E-state index in [4.69, 9.17) is 0 Å². The first kappa shape index (κ1) is 19.4. The van der Waals surface area contributed by atoms with E-state index in [1.54, 1.807) is 30.5 Å². The molecule has 1 N–H and O–H groups in total. The number of carbonyl (C=O) groups excluding carboxylic acids is 1. The van der Waals surface area contributed by atoms with Gasteiger partial charge in [-0.2, -0.15) is 8.42 Å². The highest BCUT2D eigenvalue weighted by molar-refractivity contribution is 7.98. The predicted molar refractivity (Wildman–Crippen MR) is 107 cm³/mol. The van der Waals surface area contributed by atoms with Crippen molar-refractivity contribution in [2.24, 2.45) is 4.40 Å². The molecule has 1 aromatic heterocycles. The second-order valence-corrected chi connectivity index (χ2v) is 8.45. The lowest BCUT2D eigenvalue weighted by atomic mass is 10.2. The molecule has 0 spiro atoms. The SMILES string of the molecule is CSc1ncccc1C(=O)Nc1ccc(S(=O)(=O)/N=C2/CCCN2C)cc1. The highest BCUT2D eigenvalue weighted by atomic mass is 32.2. The molecule has 0 atom stereocenters. The molecule has 9 heteroatoms. The van der Waals surface area contributed by atoms with E-state index in [1.807, 2.05) is 18.2 Å². The number of hydrogen-bond acceptors (Lipinski definition) is 5. The number of nitrogens with one attached hydrogen (secondary N) is 1. The van der Waals surface area contributed by atoms with Crippen molar-refractivity contribution < 1.29 is 13.2 Å². The van der Waals surface area contributed by atoms with Gasteiger partial charge in [-0.15, -0.1) is 16.2 Å². The zero-order valence-electron chi connectivity index (χ0n) is 15.0. The summed E-state index contributed by atoms with van der Waals surface area (Å²) in [4.78, 5) is 18.5. The van der Waals surface area contributed by atoms with Gasteiger partial charge in [0.2, 0.25) is 0 Å². The molecular weight excluding hydrogens is 384 g/mol. The van der Waals surface area contributed by atoms with Crippen LogP contribution >= 0.6 is 11.8 Å². The summed E-state index contributed by atoms with van der Waals surface area (Å²) in [5.74, 6) is 0.282. The van der Waals surface area contributed by atoms with Crippen LogP contribution in [0.5, 0.6) is 0 Å². The Balaban J connectivity index is 1.76. The van der Waals surface area contributed by atoms with Gasteiger partial charge in [-0.25, -0.2) is 4.98 Å². The Morgan fingerprint density at radius 3 is 2.63 bits per heavy atom. The lowest BCUT2D eigenvalue weighted by Crippen LogP contribution is -2.20. The van der Waals surface area contributed by atoms with Crippen LogP contribution in [0.25, 0.3) is 0 Å². The number of amidine groups is 1. The lowest BCUT2D eigenvalue weighted by molar-refractivity contribution is 0.102. The van der Waals surface area contributed by atoms with Gasteiger partial charge in [-0.05, 0) is 49.1 Å². The summed E-state index contributed by atoms with van der Waals surface area (Å²) in [5, 5.41) is 3.39. The largest absolute Gasteiger partial charge is 0.362 e. The number of sulfonamides is 1. The Morgan fingerprint density at radius 2 is 2.00 bits per heavy atom. The van der Waals surface area contributed by atoms with Crippen LogP contribution in [0.1, 0.15) is 23.2 Å². The number of anilines is 1. The van der Waals surface area contributed by atoms with Crippen LogP contribution in [-0.4, -0.2) is 49.9 Å². The van der Waals surface area contributed by atoms with Gasteiger partial charge in [0.25, 0.3) is 15.9 Å². The van der Waals surface area contributed by atoms with Crippen LogP contribution < -0.4 is 5.32 Å². The summed E-state index contributed by atoms with van der Waals surface area (Å²) in [6.45, 7) is 0.811. The summed E-state index contributed by atoms with van der Waals surface area (Å²) < 4.78 is 28.9. The Hall–Kier alpha value is -2.39. The van der Waals surface area contributed by atoms with Crippen LogP contribution in [0.3, 0.4) is 0 Å². The maximum atomic E-state index is 12.5. The van der Waals surface area contributed by atoms with Crippen molar-refractivity contribution in [3.63, 3.8) is 0 Å². The third kappa shape index (κ3) is 4.48. The molecule has 1 aliphatic heterocycles. The van der Waals surface area contributed by atoms with Crippen molar-refractivity contribution in [1.29, 1.82) is 0 Å². The molecule has 2 heterocycles. The van der Waals surface area contributed by atoms with Crippen molar-refractivity contribution in [2.75, 3.05) is 25.2 Å². The summed E-state index contributed by atoms with van der Waals surface area (Å²) in [7, 11) is -1.93. The van der Waals surface area contributed by atoms with E-state index in [2.05, 4.69) is 14.7 Å². The fraction of sp³-hybridized carbons (Fsp3) is 0.278. The monoisotopic (exact) mass is 404 g/mol. The Labute approximate surface area is 163 Å². The van der Waals surface area contributed by atoms with Gasteiger partial charge < -0.3 is 10.2 Å². The van der Waals surface area contributed by atoms with E-state index in [0.717, 1.165) is 13.0 Å². The molecule has 142 valence electrons. The maximum absolute atomic E-state index is 12.5. The van der Waals surface area contributed by atoms with Crippen molar-refractivity contribution >= 4 is 39.2 Å². The molecule has 1 aromatic carbocycles. The number of rotatable bonds is 5. The summed E-state index contributed by atoms with van der Waals surface area (Å²) in [5.41, 5.74) is 0.970. The standard InChI is InChI=1S/C18H20N4O3S2/c1-22-12-4-6-16(22)21-27(24,25)14-9-7-13(8-10-14)20-17(23)15-5-3-11-19-18(15)26-2/h3,5,7-11H,4,6,12H2,1-2H3,(H,20,23)/b21-16-. The first-order valence-electron chi connectivity index (χ1n) is 8.36. The van der Waals surface area contributed by atoms with Crippen LogP contribution in [0, 0.1) is 0 Å². The van der Waals surface area contributed by atoms with Gasteiger partial charge in [0, 0.05) is 31.9 Å². The molecular formula is C18H20N4O3S2. The van der Waals surface area contributed by atoms with Crippen molar-refractivity contribution in [2.45, 2.75) is 22.8 Å². The van der Waals surface area contributed by atoms with Gasteiger partial charge in [0.15, 0.2) is 0 Å². The van der Waals surface area contributed by atoms with Gasteiger partial charge >= 0.3 is 0 Å². The lowest BCUT2D eigenvalue weighted by Gasteiger charge is -2.11. The number of thioether (sulfide) groups is 1. The number of amides is 1. The molecule has 0 radical (unpaired) electrons. The minimum Gasteiger partial charge on any atom is -0.362 e. The van der Waals surface area contributed by atoms with Crippen molar-refractivity contribution in [3.8, 4) is 0 Å². The molecule has 7 nitrogen and oxygen atoms in total. The number of aromatic nitrogens is 1. The van der Waals surface area contributed by atoms with Gasteiger partial charge in [-0.1, -0.05) is 0 Å². The molecule has 3 rings (SSSR count). The van der Waals surface area contributed by atoms with E-state index in [9.17, 15) is 13.2 Å². The highest BCUT2D eigenvalue weighted by Gasteiger charge is 2.20. The zero-order chi connectivity index (χ0) is 19.4. The van der Waals surface area contributed by atoms with E-state index in [-0.39, 0.29) is 10.8 Å². The van der Waals surface area contributed by atoms with E-state index in [1.165, 1.54) is 23.9 Å². The minimum atomic E-state index is -3.76. The van der Waals surface area contributed by atoms with Crippen molar-refractivity contribution in [1.82, 2.24) is 9.88 Å². The van der Waals surface area contributed by atoms with Crippen LogP contribution in [0.15, 0.2) is 56.9 Å². The molecule has 2 aromatic rings. The van der Waals surface area contributed by atoms with Crippen molar-refractivity contribution in [3.05, 3.63) is 48.2 Å². The molecule has 0 saturated carbocycles. The molecule has 1 saturated heterocycles. The summed E-state index contributed by atoms with van der Waals surface area (Å²) >= 11 is 1.39. The molecule has 1 amide bonds. The Bertz CT molecular complexity index is 972. The second-order valence-electron chi connectivity index (χ2n) is 6.05. The van der Waals surface area contributed by atoms with E-state index >= 15 is 0 Å². The minimum absolute atomic E-state index is 0.0967. The number of benzene rings is 1. The van der Waals surface area contributed by atoms with E-state index < -0.39 is 10.0 Å². The van der Waals surface area contributed by atoms with Crippen LogP contribution in [-0.2, 0) is 10.0 Å². The fourth-order valence-corrected chi connectivity index (χ4v) is 4.38. The molecule has 0 unspecified atom stereocenters. The third-order valence-corrected chi connectivity index (χ3v) is 6.21. The van der Waals surface area contributed by atoms with Crippen LogP contribution in [0.2, 0.25) is 0 Å². The first-order chi connectivity index (χ1) is 12.9. The molecule has 0 aliphatic carbocycles. The highest BCUT2D eigenvalue weighted by Crippen LogP contribution is 2.21.